The third-order valence-electron chi connectivity index (χ3n) is 4.41. The Morgan fingerprint density at radius 3 is 2.23 bits per heavy atom. The molecule has 0 bridgehead atoms. The van der Waals surface area contributed by atoms with Gasteiger partial charge in [0.2, 0.25) is 0 Å². The van der Waals surface area contributed by atoms with Crippen LogP contribution in [0.3, 0.4) is 0 Å². The zero-order valence-corrected chi connectivity index (χ0v) is 15.6. The van der Waals surface area contributed by atoms with Crippen LogP contribution in [0.1, 0.15) is 11.4 Å². The van der Waals surface area contributed by atoms with E-state index in [2.05, 4.69) is 0 Å². The zero-order valence-electron chi connectivity index (χ0n) is 14.8. The van der Waals surface area contributed by atoms with Gasteiger partial charge in [-0.3, -0.25) is 0 Å². The molecule has 4 aromatic rings. The van der Waals surface area contributed by atoms with Crippen molar-refractivity contribution in [1.82, 2.24) is 14.6 Å². The topological polar surface area (TPSA) is 39.4 Å². The van der Waals surface area contributed by atoms with Gasteiger partial charge in [-0.25, -0.2) is 9.50 Å². The van der Waals surface area contributed by atoms with Gasteiger partial charge in [0.15, 0.2) is 5.65 Å². The van der Waals surface area contributed by atoms with Crippen molar-refractivity contribution in [2.75, 3.05) is 7.11 Å². The molecule has 0 radical (unpaired) electrons. The van der Waals surface area contributed by atoms with Crippen molar-refractivity contribution in [2.24, 2.45) is 0 Å². The van der Waals surface area contributed by atoms with Gasteiger partial charge >= 0.3 is 0 Å². The molecule has 0 unspecified atom stereocenters. The van der Waals surface area contributed by atoms with Gasteiger partial charge in [-0.05, 0) is 61.9 Å². The van der Waals surface area contributed by atoms with Crippen molar-refractivity contribution in [2.45, 2.75) is 13.8 Å². The third kappa shape index (κ3) is 2.82. The summed E-state index contributed by atoms with van der Waals surface area (Å²) in [6.07, 6.45) is 0. The second-order valence-corrected chi connectivity index (χ2v) is 6.65. The monoisotopic (exact) mass is 363 g/mol. The summed E-state index contributed by atoms with van der Waals surface area (Å²) in [4.78, 5) is 4.76. The summed E-state index contributed by atoms with van der Waals surface area (Å²) in [5, 5.41) is 5.48. The summed E-state index contributed by atoms with van der Waals surface area (Å²) < 4.78 is 7.17. The molecule has 5 heteroatoms. The molecule has 2 heterocycles. The predicted octanol–water partition coefficient (Wildman–Crippen LogP) is 5.34. The number of ether oxygens (including phenoxy) is 1. The van der Waals surface area contributed by atoms with E-state index >= 15 is 0 Å². The first-order chi connectivity index (χ1) is 12.6. The normalized spacial score (nSPS) is 11.1. The maximum Gasteiger partial charge on any atom is 0.164 e. The lowest BCUT2D eigenvalue weighted by Crippen LogP contribution is -1.98. The Kier molecular flexibility index (Phi) is 4.13. The molecule has 0 N–H and O–H groups in total. The van der Waals surface area contributed by atoms with Gasteiger partial charge in [-0.1, -0.05) is 23.7 Å². The molecule has 2 aromatic carbocycles. The maximum absolute atomic E-state index is 6.04. The molecule has 0 spiro atoms. The molecular formula is C21H18ClN3O. The smallest absolute Gasteiger partial charge is 0.164 e. The SMILES string of the molecule is COc1ccc(-c2cc(C)nc3c(-c4ccc(Cl)cc4)c(C)nn23)cc1. The van der Waals surface area contributed by atoms with E-state index in [1.54, 1.807) is 7.11 Å². The second kappa shape index (κ2) is 6.46. The highest BCUT2D eigenvalue weighted by molar-refractivity contribution is 6.30. The van der Waals surface area contributed by atoms with E-state index in [0.717, 1.165) is 45.2 Å². The molecule has 0 aliphatic rings. The fourth-order valence-electron chi connectivity index (χ4n) is 3.17. The van der Waals surface area contributed by atoms with Crippen LogP contribution in [0.2, 0.25) is 5.02 Å². The van der Waals surface area contributed by atoms with Gasteiger partial charge in [-0.15, -0.1) is 0 Å². The summed E-state index contributed by atoms with van der Waals surface area (Å²) in [7, 11) is 1.67. The van der Waals surface area contributed by atoms with Crippen LogP contribution >= 0.6 is 11.6 Å². The maximum atomic E-state index is 6.04. The van der Waals surface area contributed by atoms with E-state index in [1.165, 1.54) is 0 Å². The molecule has 4 rings (SSSR count). The number of aryl methyl sites for hydroxylation is 2. The Morgan fingerprint density at radius 1 is 0.923 bits per heavy atom. The number of methoxy groups -OCH3 is 1. The zero-order chi connectivity index (χ0) is 18.3. The quantitative estimate of drug-likeness (QED) is 0.493. The third-order valence-corrected chi connectivity index (χ3v) is 4.66. The summed E-state index contributed by atoms with van der Waals surface area (Å²) in [5.41, 5.74) is 6.86. The lowest BCUT2D eigenvalue weighted by atomic mass is 10.1. The number of aromatic nitrogens is 3. The lowest BCUT2D eigenvalue weighted by molar-refractivity contribution is 0.415. The van der Waals surface area contributed by atoms with Gasteiger partial charge in [0, 0.05) is 21.8 Å². The first kappa shape index (κ1) is 16.6. The summed E-state index contributed by atoms with van der Waals surface area (Å²) >= 11 is 6.04. The fourth-order valence-corrected chi connectivity index (χ4v) is 3.29. The highest BCUT2D eigenvalue weighted by Gasteiger charge is 2.16. The van der Waals surface area contributed by atoms with Gasteiger partial charge in [0.25, 0.3) is 0 Å². The average molecular weight is 364 g/mol. The summed E-state index contributed by atoms with van der Waals surface area (Å²) in [6, 6.07) is 17.8. The number of hydrogen-bond donors (Lipinski definition) is 0. The van der Waals surface area contributed by atoms with Crippen LogP contribution in [-0.4, -0.2) is 21.7 Å². The number of hydrogen-bond acceptors (Lipinski definition) is 3. The Morgan fingerprint density at radius 2 is 1.58 bits per heavy atom. The summed E-state index contributed by atoms with van der Waals surface area (Å²) in [5.74, 6) is 0.828. The molecule has 0 saturated carbocycles. The van der Waals surface area contributed by atoms with Crippen LogP contribution in [0, 0.1) is 13.8 Å². The van der Waals surface area contributed by atoms with E-state index in [0.29, 0.717) is 5.02 Å². The molecule has 0 aliphatic carbocycles. The van der Waals surface area contributed by atoms with E-state index < -0.39 is 0 Å². The average Bonchev–Trinajstić information content (AvgIpc) is 2.97. The Labute approximate surface area is 157 Å². The molecule has 0 fully saturated rings. The van der Waals surface area contributed by atoms with Crippen molar-refractivity contribution in [3.63, 3.8) is 0 Å². The van der Waals surface area contributed by atoms with Gasteiger partial charge in [0.1, 0.15) is 5.75 Å². The van der Waals surface area contributed by atoms with Gasteiger partial charge in [0.05, 0.1) is 18.5 Å². The highest BCUT2D eigenvalue weighted by atomic mass is 35.5. The molecular weight excluding hydrogens is 346 g/mol. The number of benzene rings is 2. The Bertz CT molecular complexity index is 1080. The molecule has 0 aliphatic heterocycles. The van der Waals surface area contributed by atoms with E-state index in [9.17, 15) is 0 Å². The fraction of sp³-hybridized carbons (Fsp3) is 0.143. The van der Waals surface area contributed by atoms with Crippen molar-refractivity contribution < 1.29 is 4.74 Å². The molecule has 0 saturated heterocycles. The first-order valence-corrected chi connectivity index (χ1v) is 8.72. The minimum absolute atomic E-state index is 0.714. The van der Waals surface area contributed by atoms with Crippen LogP contribution < -0.4 is 4.74 Å². The standard InChI is InChI=1S/C21H18ClN3O/c1-13-12-19(15-6-10-18(26-3)11-7-15)25-21(23-13)20(14(2)24-25)16-4-8-17(22)9-5-16/h4-12H,1-3H3. The number of halogens is 1. The van der Waals surface area contributed by atoms with Crippen molar-refractivity contribution in [3.05, 3.63) is 71.0 Å². The minimum atomic E-state index is 0.714. The number of fused-ring (bicyclic) bond motifs is 1. The number of nitrogens with zero attached hydrogens (tertiary/aromatic N) is 3. The van der Waals surface area contributed by atoms with Gasteiger partial charge in [-0.2, -0.15) is 5.10 Å². The lowest BCUT2D eigenvalue weighted by Gasteiger charge is -2.08. The number of rotatable bonds is 3. The first-order valence-electron chi connectivity index (χ1n) is 8.34. The Hall–Kier alpha value is -2.85. The van der Waals surface area contributed by atoms with Crippen molar-refractivity contribution >= 4 is 17.2 Å². The second-order valence-electron chi connectivity index (χ2n) is 6.21. The van der Waals surface area contributed by atoms with E-state index in [4.69, 9.17) is 26.4 Å². The molecule has 4 nitrogen and oxygen atoms in total. The molecule has 2 aromatic heterocycles. The Balaban J connectivity index is 1.95. The minimum Gasteiger partial charge on any atom is -0.497 e. The largest absolute Gasteiger partial charge is 0.497 e. The van der Waals surface area contributed by atoms with E-state index in [-0.39, 0.29) is 0 Å². The summed E-state index contributed by atoms with van der Waals surface area (Å²) in [6.45, 7) is 4.01. The van der Waals surface area contributed by atoms with Crippen LogP contribution in [0.4, 0.5) is 0 Å². The molecule has 26 heavy (non-hydrogen) atoms. The van der Waals surface area contributed by atoms with E-state index in [1.807, 2.05) is 73.0 Å². The van der Waals surface area contributed by atoms with Crippen molar-refractivity contribution in [1.29, 1.82) is 0 Å². The predicted molar refractivity (Wildman–Crippen MR) is 105 cm³/mol. The van der Waals surface area contributed by atoms with Crippen LogP contribution in [0.25, 0.3) is 28.0 Å². The van der Waals surface area contributed by atoms with Crippen LogP contribution in [-0.2, 0) is 0 Å². The van der Waals surface area contributed by atoms with Crippen molar-refractivity contribution in [3.8, 4) is 28.1 Å². The van der Waals surface area contributed by atoms with Crippen LogP contribution in [0.15, 0.2) is 54.6 Å². The van der Waals surface area contributed by atoms with Gasteiger partial charge < -0.3 is 4.74 Å². The molecule has 0 atom stereocenters. The van der Waals surface area contributed by atoms with Crippen LogP contribution in [0.5, 0.6) is 5.75 Å². The highest BCUT2D eigenvalue weighted by Crippen LogP contribution is 2.31. The molecule has 0 amide bonds. The molecule has 130 valence electrons.